The summed E-state index contributed by atoms with van der Waals surface area (Å²) in [4.78, 5) is 5.05. The topological polar surface area (TPSA) is 24.4 Å². The van der Waals surface area contributed by atoms with Crippen LogP contribution in [0.5, 0.6) is 0 Å². The molecular weight excluding hydrogens is 264 g/mol. The van der Waals surface area contributed by atoms with Gasteiger partial charge in [0, 0.05) is 11.4 Å². The van der Waals surface area contributed by atoms with Crippen molar-refractivity contribution < 1.29 is 0 Å². The van der Waals surface area contributed by atoms with E-state index in [-0.39, 0.29) is 5.54 Å². The summed E-state index contributed by atoms with van der Waals surface area (Å²) in [5.41, 5.74) is 4.10. The van der Waals surface area contributed by atoms with Crippen LogP contribution in [0, 0.1) is 19.8 Å². The minimum atomic E-state index is 0.233. The number of benzene rings is 1. The summed E-state index contributed by atoms with van der Waals surface area (Å²) in [6, 6.07) is 6.43. The Balaban J connectivity index is 1.74. The highest BCUT2D eigenvalue weighted by atomic mass is 32.2. The Labute approximate surface area is 126 Å². The maximum atomic E-state index is 5.05. The SMILES string of the molecule is Cc1cccc(NC2=NC3(CCC(C)CC3)CS2)c1C. The molecular formula is C17H24N2S. The number of rotatable bonds is 1. The van der Waals surface area contributed by atoms with E-state index in [1.807, 2.05) is 11.8 Å². The predicted molar refractivity (Wildman–Crippen MR) is 89.8 cm³/mol. The third kappa shape index (κ3) is 2.73. The smallest absolute Gasteiger partial charge is 0.161 e. The summed E-state index contributed by atoms with van der Waals surface area (Å²) < 4.78 is 0. The Bertz CT molecular complexity index is 528. The monoisotopic (exact) mass is 288 g/mol. The number of hydrogen-bond acceptors (Lipinski definition) is 3. The van der Waals surface area contributed by atoms with E-state index >= 15 is 0 Å². The van der Waals surface area contributed by atoms with Crippen LogP contribution < -0.4 is 5.32 Å². The van der Waals surface area contributed by atoms with E-state index < -0.39 is 0 Å². The van der Waals surface area contributed by atoms with Crippen molar-refractivity contribution in [2.45, 2.75) is 52.0 Å². The molecule has 3 heteroatoms. The first kappa shape index (κ1) is 14.0. The first-order valence-corrected chi connectivity index (χ1v) is 8.62. The van der Waals surface area contributed by atoms with Crippen molar-refractivity contribution in [3.63, 3.8) is 0 Å². The summed E-state index contributed by atoms with van der Waals surface area (Å²) in [5.74, 6) is 2.05. The second-order valence-corrected chi connectivity index (χ2v) is 7.45. The Morgan fingerprint density at radius 3 is 2.75 bits per heavy atom. The molecule has 1 fully saturated rings. The molecule has 1 heterocycles. The number of anilines is 1. The molecule has 0 amide bonds. The number of aryl methyl sites for hydroxylation is 1. The predicted octanol–water partition coefficient (Wildman–Crippen LogP) is 4.77. The second-order valence-electron chi connectivity index (χ2n) is 6.48. The number of aliphatic imine (C=N–C) groups is 1. The van der Waals surface area contributed by atoms with Gasteiger partial charge >= 0.3 is 0 Å². The average molecular weight is 288 g/mol. The van der Waals surface area contributed by atoms with E-state index in [1.54, 1.807) is 0 Å². The summed E-state index contributed by atoms with van der Waals surface area (Å²) in [6.07, 6.45) is 5.19. The lowest BCUT2D eigenvalue weighted by Gasteiger charge is -2.32. The van der Waals surface area contributed by atoms with Crippen LogP contribution in [0.15, 0.2) is 23.2 Å². The molecule has 1 aliphatic carbocycles. The molecule has 1 aromatic rings. The molecule has 0 bridgehead atoms. The highest BCUT2D eigenvalue weighted by Gasteiger charge is 2.38. The maximum absolute atomic E-state index is 5.05. The van der Waals surface area contributed by atoms with Crippen LogP contribution in [-0.2, 0) is 0 Å². The van der Waals surface area contributed by atoms with Gasteiger partial charge in [0.1, 0.15) is 0 Å². The molecule has 1 saturated carbocycles. The zero-order valence-corrected chi connectivity index (χ0v) is 13.5. The molecule has 0 aromatic heterocycles. The molecule has 0 atom stereocenters. The minimum absolute atomic E-state index is 0.233. The highest BCUT2D eigenvalue weighted by Crippen LogP contribution is 2.41. The van der Waals surface area contributed by atoms with E-state index in [9.17, 15) is 0 Å². The largest absolute Gasteiger partial charge is 0.335 e. The molecule has 20 heavy (non-hydrogen) atoms. The fourth-order valence-electron chi connectivity index (χ4n) is 3.10. The number of nitrogens with one attached hydrogen (secondary N) is 1. The fourth-order valence-corrected chi connectivity index (χ4v) is 4.30. The lowest BCUT2D eigenvalue weighted by atomic mass is 9.79. The van der Waals surface area contributed by atoms with Crippen LogP contribution in [0.3, 0.4) is 0 Å². The molecule has 2 aliphatic rings. The first-order valence-electron chi connectivity index (χ1n) is 7.64. The van der Waals surface area contributed by atoms with Gasteiger partial charge in [-0.05, 0) is 62.6 Å². The van der Waals surface area contributed by atoms with Gasteiger partial charge in [-0.3, -0.25) is 4.99 Å². The summed E-state index contributed by atoms with van der Waals surface area (Å²) >= 11 is 1.90. The Morgan fingerprint density at radius 2 is 2.00 bits per heavy atom. The number of hydrogen-bond donors (Lipinski definition) is 1. The van der Waals surface area contributed by atoms with Crippen LogP contribution in [0.1, 0.15) is 43.7 Å². The van der Waals surface area contributed by atoms with Gasteiger partial charge in [0.2, 0.25) is 0 Å². The molecule has 0 radical (unpaired) electrons. The van der Waals surface area contributed by atoms with Crippen molar-refractivity contribution in [2.24, 2.45) is 10.9 Å². The average Bonchev–Trinajstić information content (AvgIpc) is 2.82. The Hall–Kier alpha value is -0.960. The van der Waals surface area contributed by atoms with E-state index in [0.717, 1.165) is 16.8 Å². The van der Waals surface area contributed by atoms with Gasteiger partial charge in [0.25, 0.3) is 0 Å². The van der Waals surface area contributed by atoms with Crippen LogP contribution in [-0.4, -0.2) is 16.5 Å². The van der Waals surface area contributed by atoms with Crippen molar-refractivity contribution in [3.8, 4) is 0 Å². The van der Waals surface area contributed by atoms with Gasteiger partial charge in [0.15, 0.2) is 5.17 Å². The van der Waals surface area contributed by atoms with Gasteiger partial charge in [-0.2, -0.15) is 0 Å². The summed E-state index contributed by atoms with van der Waals surface area (Å²) in [7, 11) is 0. The van der Waals surface area contributed by atoms with Crippen molar-refractivity contribution in [1.29, 1.82) is 0 Å². The Morgan fingerprint density at radius 1 is 1.25 bits per heavy atom. The zero-order chi connectivity index (χ0) is 14.2. The molecule has 108 valence electrons. The Kier molecular flexibility index (Phi) is 3.80. The normalized spacial score (nSPS) is 29.6. The van der Waals surface area contributed by atoms with Gasteiger partial charge in [-0.15, -0.1) is 0 Å². The number of nitrogens with zero attached hydrogens (tertiary/aromatic N) is 1. The van der Waals surface area contributed by atoms with E-state index in [0.29, 0.717) is 0 Å². The van der Waals surface area contributed by atoms with Crippen LogP contribution in [0.4, 0.5) is 5.69 Å². The number of thioether (sulfide) groups is 1. The van der Waals surface area contributed by atoms with E-state index in [2.05, 4.69) is 44.3 Å². The van der Waals surface area contributed by atoms with Crippen molar-refractivity contribution in [1.82, 2.24) is 0 Å². The van der Waals surface area contributed by atoms with E-state index in [4.69, 9.17) is 4.99 Å². The maximum Gasteiger partial charge on any atom is 0.161 e. The third-order valence-electron chi connectivity index (χ3n) is 4.87. The molecule has 1 N–H and O–H groups in total. The molecule has 3 rings (SSSR count). The lowest BCUT2D eigenvalue weighted by Crippen LogP contribution is -2.32. The third-order valence-corrected chi connectivity index (χ3v) is 6.02. The molecule has 2 nitrogen and oxygen atoms in total. The fraction of sp³-hybridized carbons (Fsp3) is 0.588. The van der Waals surface area contributed by atoms with E-state index in [1.165, 1.54) is 42.5 Å². The van der Waals surface area contributed by atoms with Gasteiger partial charge < -0.3 is 5.32 Å². The minimum Gasteiger partial charge on any atom is -0.335 e. The summed E-state index contributed by atoms with van der Waals surface area (Å²) in [5, 5.41) is 4.66. The standard InChI is InChI=1S/C17H24N2S/c1-12-7-9-17(10-8-12)11-20-16(19-17)18-15-6-4-5-13(2)14(15)3/h4-6,12H,7-11H2,1-3H3,(H,18,19). The summed E-state index contributed by atoms with van der Waals surface area (Å²) in [6.45, 7) is 6.71. The first-order chi connectivity index (χ1) is 9.58. The second kappa shape index (κ2) is 5.44. The van der Waals surface area contributed by atoms with Crippen LogP contribution >= 0.6 is 11.8 Å². The quantitative estimate of drug-likeness (QED) is 0.805. The molecule has 1 aromatic carbocycles. The molecule has 0 saturated heterocycles. The zero-order valence-electron chi connectivity index (χ0n) is 12.7. The molecule has 1 aliphatic heterocycles. The van der Waals surface area contributed by atoms with Gasteiger partial charge in [-0.1, -0.05) is 30.8 Å². The van der Waals surface area contributed by atoms with Crippen molar-refractivity contribution in [3.05, 3.63) is 29.3 Å². The van der Waals surface area contributed by atoms with Gasteiger partial charge in [0.05, 0.1) is 5.54 Å². The van der Waals surface area contributed by atoms with Crippen molar-refractivity contribution in [2.75, 3.05) is 11.1 Å². The lowest BCUT2D eigenvalue weighted by molar-refractivity contribution is 0.273. The number of amidine groups is 1. The molecule has 0 unspecified atom stereocenters. The highest BCUT2D eigenvalue weighted by molar-refractivity contribution is 8.14. The van der Waals surface area contributed by atoms with Crippen LogP contribution in [0.25, 0.3) is 0 Å². The molecule has 1 spiro atoms. The van der Waals surface area contributed by atoms with Gasteiger partial charge in [-0.25, -0.2) is 0 Å². The van der Waals surface area contributed by atoms with Crippen molar-refractivity contribution >= 4 is 22.6 Å². The van der Waals surface area contributed by atoms with Crippen LogP contribution in [0.2, 0.25) is 0 Å².